The predicted molar refractivity (Wildman–Crippen MR) is 89.7 cm³/mol. The molecule has 122 valence electrons. The van der Waals surface area contributed by atoms with Crippen molar-refractivity contribution < 1.29 is 14.3 Å². The van der Waals surface area contributed by atoms with E-state index in [0.717, 1.165) is 30.2 Å². The summed E-state index contributed by atoms with van der Waals surface area (Å²) in [7, 11) is 0. The van der Waals surface area contributed by atoms with Gasteiger partial charge in [0.2, 0.25) is 5.91 Å². The van der Waals surface area contributed by atoms with Crippen LogP contribution in [-0.2, 0) is 4.79 Å². The normalized spacial score (nSPS) is 10.1. The monoisotopic (exact) mass is 370 g/mol. The lowest BCUT2D eigenvalue weighted by atomic mass is 10.2. The van der Waals surface area contributed by atoms with Gasteiger partial charge in [0.05, 0.1) is 12.2 Å². The second kappa shape index (κ2) is 10.2. The van der Waals surface area contributed by atoms with Crippen LogP contribution in [0.2, 0.25) is 0 Å². The summed E-state index contributed by atoms with van der Waals surface area (Å²) in [4.78, 5) is 23.8. The Labute approximate surface area is 139 Å². The van der Waals surface area contributed by atoms with Gasteiger partial charge >= 0.3 is 0 Å². The Bertz CT molecular complexity index is 506. The summed E-state index contributed by atoms with van der Waals surface area (Å²) in [6, 6.07) is 5.21. The quantitative estimate of drug-likeness (QED) is 0.542. The first kappa shape index (κ1) is 18.5. The van der Waals surface area contributed by atoms with Crippen LogP contribution in [0.25, 0.3) is 0 Å². The smallest absolute Gasteiger partial charge is 0.273 e. The molecule has 5 nitrogen and oxygen atoms in total. The molecule has 0 aromatic heterocycles. The number of halogens is 1. The van der Waals surface area contributed by atoms with E-state index in [-0.39, 0.29) is 5.91 Å². The number of hydrogen-bond acceptors (Lipinski definition) is 3. The number of nitrogens with one attached hydrogen (secondary N) is 2. The van der Waals surface area contributed by atoms with Gasteiger partial charge in [-0.25, -0.2) is 0 Å². The molecule has 2 N–H and O–H groups in total. The van der Waals surface area contributed by atoms with Crippen molar-refractivity contribution in [3.05, 3.63) is 28.2 Å². The number of rotatable bonds is 8. The molecule has 0 atom stereocenters. The zero-order valence-corrected chi connectivity index (χ0v) is 14.7. The number of carbonyl (C=O) groups is 2. The first-order valence-corrected chi connectivity index (χ1v) is 8.39. The summed E-state index contributed by atoms with van der Waals surface area (Å²) in [5, 5.41) is 0. The minimum absolute atomic E-state index is 0.187. The molecular weight excluding hydrogens is 348 g/mol. The topological polar surface area (TPSA) is 67.4 Å². The van der Waals surface area contributed by atoms with Crippen LogP contribution in [0.3, 0.4) is 0 Å². The lowest BCUT2D eigenvalue weighted by Crippen LogP contribution is -2.41. The van der Waals surface area contributed by atoms with E-state index in [1.807, 2.05) is 13.0 Å². The Kier molecular flexibility index (Phi) is 8.58. The third-order valence-corrected chi connectivity index (χ3v) is 3.46. The van der Waals surface area contributed by atoms with Crippen LogP contribution in [0.5, 0.6) is 5.75 Å². The highest BCUT2D eigenvalue weighted by Crippen LogP contribution is 2.23. The molecule has 0 fully saturated rings. The predicted octanol–water partition coefficient (Wildman–Crippen LogP) is 3.58. The summed E-state index contributed by atoms with van der Waals surface area (Å²) >= 11 is 3.33. The van der Waals surface area contributed by atoms with Gasteiger partial charge in [0.15, 0.2) is 0 Å². The van der Waals surface area contributed by atoms with Gasteiger partial charge < -0.3 is 4.74 Å². The Morgan fingerprint density at radius 2 is 1.91 bits per heavy atom. The van der Waals surface area contributed by atoms with E-state index in [4.69, 9.17) is 4.74 Å². The molecule has 1 aromatic rings. The molecule has 0 spiro atoms. The molecule has 0 radical (unpaired) electrons. The van der Waals surface area contributed by atoms with Gasteiger partial charge in [0.1, 0.15) is 5.75 Å². The van der Waals surface area contributed by atoms with Crippen LogP contribution in [-0.4, -0.2) is 18.4 Å². The van der Waals surface area contributed by atoms with Crippen LogP contribution in [0.4, 0.5) is 0 Å². The molecule has 0 aliphatic carbocycles. The van der Waals surface area contributed by atoms with E-state index in [0.29, 0.717) is 24.3 Å². The molecule has 2 amide bonds. The molecule has 0 aliphatic rings. The van der Waals surface area contributed by atoms with Crippen molar-refractivity contribution in [1.29, 1.82) is 0 Å². The van der Waals surface area contributed by atoms with Crippen molar-refractivity contribution in [2.24, 2.45) is 0 Å². The third-order valence-electron chi connectivity index (χ3n) is 2.97. The van der Waals surface area contributed by atoms with Crippen LogP contribution in [0.1, 0.15) is 56.3 Å². The molecule has 1 aromatic carbocycles. The summed E-state index contributed by atoms with van der Waals surface area (Å²) in [6.07, 6.45) is 4.13. The molecule has 0 aliphatic heterocycles. The fourth-order valence-electron chi connectivity index (χ4n) is 1.81. The lowest BCUT2D eigenvalue weighted by Gasteiger charge is -2.12. The standard InChI is InChI=1S/C16H23BrN2O3/c1-3-5-6-7-15(20)18-19-16(21)13-11-12(17)8-9-14(13)22-10-4-2/h8-9,11H,3-7,10H2,1-2H3,(H,18,20)(H,19,21). The van der Waals surface area contributed by atoms with E-state index >= 15 is 0 Å². The Morgan fingerprint density at radius 1 is 1.14 bits per heavy atom. The van der Waals surface area contributed by atoms with Crippen LogP contribution in [0.15, 0.2) is 22.7 Å². The molecule has 22 heavy (non-hydrogen) atoms. The third kappa shape index (κ3) is 6.47. The fourth-order valence-corrected chi connectivity index (χ4v) is 2.17. The van der Waals surface area contributed by atoms with Gasteiger partial charge in [0, 0.05) is 10.9 Å². The van der Waals surface area contributed by atoms with Crippen molar-refractivity contribution in [3.63, 3.8) is 0 Å². The Morgan fingerprint density at radius 3 is 2.59 bits per heavy atom. The van der Waals surface area contributed by atoms with E-state index in [9.17, 15) is 9.59 Å². The van der Waals surface area contributed by atoms with Gasteiger partial charge in [-0.3, -0.25) is 20.4 Å². The highest BCUT2D eigenvalue weighted by atomic mass is 79.9. The minimum Gasteiger partial charge on any atom is -0.493 e. The first-order valence-electron chi connectivity index (χ1n) is 7.60. The molecule has 0 bridgehead atoms. The van der Waals surface area contributed by atoms with Gasteiger partial charge in [-0.2, -0.15) is 0 Å². The maximum absolute atomic E-state index is 12.2. The van der Waals surface area contributed by atoms with Gasteiger partial charge in [-0.05, 0) is 31.0 Å². The average Bonchev–Trinajstić information content (AvgIpc) is 2.51. The molecular formula is C16H23BrN2O3. The van der Waals surface area contributed by atoms with E-state index in [1.54, 1.807) is 12.1 Å². The summed E-state index contributed by atoms with van der Waals surface area (Å²) < 4.78 is 6.33. The van der Waals surface area contributed by atoms with Gasteiger partial charge in [-0.1, -0.05) is 42.6 Å². The largest absolute Gasteiger partial charge is 0.493 e. The number of amides is 2. The fraction of sp³-hybridized carbons (Fsp3) is 0.500. The maximum atomic E-state index is 12.2. The number of carbonyl (C=O) groups excluding carboxylic acids is 2. The van der Waals surface area contributed by atoms with Crippen LogP contribution >= 0.6 is 15.9 Å². The molecule has 0 saturated carbocycles. The molecule has 0 saturated heterocycles. The number of hydrazine groups is 1. The van der Waals surface area contributed by atoms with E-state index < -0.39 is 5.91 Å². The SMILES string of the molecule is CCCCCC(=O)NNC(=O)c1cc(Br)ccc1OCCC. The minimum atomic E-state index is -0.392. The molecule has 1 rings (SSSR count). The molecule has 6 heteroatoms. The second-order valence-corrected chi connectivity index (χ2v) is 5.86. The molecule has 0 unspecified atom stereocenters. The number of hydrogen-bond donors (Lipinski definition) is 2. The molecule has 0 heterocycles. The van der Waals surface area contributed by atoms with Crippen molar-refractivity contribution in [3.8, 4) is 5.75 Å². The zero-order valence-electron chi connectivity index (χ0n) is 13.1. The van der Waals surface area contributed by atoms with E-state index in [2.05, 4.69) is 33.7 Å². The zero-order chi connectivity index (χ0) is 16.4. The lowest BCUT2D eigenvalue weighted by molar-refractivity contribution is -0.121. The number of ether oxygens (including phenoxy) is 1. The Balaban J connectivity index is 2.60. The number of benzene rings is 1. The first-order chi connectivity index (χ1) is 10.6. The maximum Gasteiger partial charge on any atom is 0.273 e. The van der Waals surface area contributed by atoms with Gasteiger partial charge in [0.25, 0.3) is 5.91 Å². The van der Waals surface area contributed by atoms with Crippen molar-refractivity contribution >= 4 is 27.7 Å². The van der Waals surface area contributed by atoms with Crippen molar-refractivity contribution in [1.82, 2.24) is 10.9 Å². The number of unbranched alkanes of at least 4 members (excludes halogenated alkanes) is 2. The summed E-state index contributed by atoms with van der Waals surface area (Å²) in [5.41, 5.74) is 5.25. The summed E-state index contributed by atoms with van der Waals surface area (Å²) in [6.45, 7) is 4.60. The highest BCUT2D eigenvalue weighted by molar-refractivity contribution is 9.10. The van der Waals surface area contributed by atoms with Crippen LogP contribution in [0, 0.1) is 0 Å². The van der Waals surface area contributed by atoms with Crippen molar-refractivity contribution in [2.75, 3.05) is 6.61 Å². The van der Waals surface area contributed by atoms with Crippen LogP contribution < -0.4 is 15.6 Å². The van der Waals surface area contributed by atoms with Crippen molar-refractivity contribution in [2.45, 2.75) is 46.0 Å². The van der Waals surface area contributed by atoms with E-state index in [1.165, 1.54) is 0 Å². The highest BCUT2D eigenvalue weighted by Gasteiger charge is 2.14. The second-order valence-electron chi connectivity index (χ2n) is 4.95. The Hall–Kier alpha value is -1.56. The summed E-state index contributed by atoms with van der Waals surface area (Å²) in [5.74, 6) is -0.0770. The van der Waals surface area contributed by atoms with Gasteiger partial charge in [-0.15, -0.1) is 0 Å². The average molecular weight is 371 g/mol.